The van der Waals surface area contributed by atoms with Crippen LogP contribution in [0.5, 0.6) is 11.5 Å². The summed E-state index contributed by atoms with van der Waals surface area (Å²) in [4.78, 5) is 0. The highest BCUT2D eigenvalue weighted by atomic mass is 16.5. The molecule has 0 saturated carbocycles. The average molecular weight is 261 g/mol. The van der Waals surface area contributed by atoms with E-state index in [1.807, 2.05) is 0 Å². The van der Waals surface area contributed by atoms with Gasteiger partial charge in [0.15, 0.2) is 11.5 Å². The number of benzene rings is 1. The Morgan fingerprint density at radius 1 is 1.26 bits per heavy atom. The maximum Gasteiger partial charge on any atom is 0.166 e. The lowest BCUT2D eigenvalue weighted by atomic mass is 9.97. The molecule has 2 unspecified atom stereocenters. The van der Waals surface area contributed by atoms with Crippen LogP contribution in [0.4, 0.5) is 0 Å². The zero-order valence-corrected chi connectivity index (χ0v) is 12.2. The fourth-order valence-electron chi connectivity index (χ4n) is 3.21. The van der Waals surface area contributed by atoms with E-state index in [-0.39, 0.29) is 11.7 Å². The monoisotopic (exact) mass is 261 g/mol. The van der Waals surface area contributed by atoms with E-state index < -0.39 is 0 Å². The number of fused-ring (bicyclic) bond motifs is 3. The maximum atomic E-state index is 6.17. The van der Waals surface area contributed by atoms with Gasteiger partial charge in [-0.25, -0.2) is 0 Å². The molecule has 1 N–H and O–H groups in total. The van der Waals surface area contributed by atoms with Crippen molar-refractivity contribution in [2.24, 2.45) is 0 Å². The maximum absolute atomic E-state index is 6.17. The van der Waals surface area contributed by atoms with E-state index in [1.54, 1.807) is 0 Å². The molecule has 2 atom stereocenters. The Morgan fingerprint density at radius 2 is 2.05 bits per heavy atom. The second-order valence-corrected chi connectivity index (χ2v) is 6.11. The van der Waals surface area contributed by atoms with Crippen molar-refractivity contribution in [1.29, 1.82) is 0 Å². The van der Waals surface area contributed by atoms with Gasteiger partial charge in [-0.1, -0.05) is 26.0 Å². The van der Waals surface area contributed by atoms with Gasteiger partial charge in [0.1, 0.15) is 11.7 Å². The van der Waals surface area contributed by atoms with E-state index in [2.05, 4.69) is 45.1 Å². The van der Waals surface area contributed by atoms with Crippen LogP contribution < -0.4 is 14.8 Å². The summed E-state index contributed by atoms with van der Waals surface area (Å²) in [6, 6.07) is 4.71. The molecule has 0 spiro atoms. The van der Waals surface area contributed by atoms with Crippen LogP contribution in [0.25, 0.3) is 0 Å². The summed E-state index contributed by atoms with van der Waals surface area (Å²) in [5.74, 6) is 1.95. The first-order chi connectivity index (χ1) is 9.05. The van der Waals surface area contributed by atoms with Crippen molar-refractivity contribution in [2.75, 3.05) is 6.54 Å². The molecule has 0 amide bonds. The van der Waals surface area contributed by atoms with Crippen LogP contribution in [0, 0.1) is 0 Å². The lowest BCUT2D eigenvalue weighted by molar-refractivity contribution is 0.126. The minimum absolute atomic E-state index is 0.112. The molecule has 3 rings (SSSR count). The molecule has 19 heavy (non-hydrogen) atoms. The van der Waals surface area contributed by atoms with Crippen LogP contribution >= 0.6 is 0 Å². The van der Waals surface area contributed by atoms with Crippen molar-refractivity contribution < 1.29 is 9.47 Å². The van der Waals surface area contributed by atoms with E-state index >= 15 is 0 Å². The van der Waals surface area contributed by atoms with Crippen LogP contribution in [0.15, 0.2) is 12.1 Å². The van der Waals surface area contributed by atoms with Gasteiger partial charge in [0.05, 0.1) is 6.04 Å². The summed E-state index contributed by atoms with van der Waals surface area (Å²) >= 11 is 0. The van der Waals surface area contributed by atoms with Crippen molar-refractivity contribution in [3.8, 4) is 11.5 Å². The van der Waals surface area contributed by atoms with Crippen LogP contribution in [-0.2, 0) is 6.42 Å². The minimum atomic E-state index is -0.112. The van der Waals surface area contributed by atoms with Gasteiger partial charge < -0.3 is 14.8 Å². The highest BCUT2D eigenvalue weighted by Crippen LogP contribution is 2.50. The van der Waals surface area contributed by atoms with Crippen molar-refractivity contribution in [2.45, 2.75) is 58.3 Å². The first kappa shape index (κ1) is 12.8. The Bertz CT molecular complexity index is 496. The smallest absolute Gasteiger partial charge is 0.166 e. The number of hydrogen-bond acceptors (Lipinski definition) is 3. The van der Waals surface area contributed by atoms with Gasteiger partial charge in [0.2, 0.25) is 0 Å². The van der Waals surface area contributed by atoms with E-state index in [9.17, 15) is 0 Å². The Balaban J connectivity index is 2.01. The van der Waals surface area contributed by atoms with Crippen LogP contribution in [0.1, 0.15) is 51.3 Å². The first-order valence-electron chi connectivity index (χ1n) is 7.30. The molecule has 0 bridgehead atoms. The Morgan fingerprint density at radius 3 is 2.74 bits per heavy atom. The van der Waals surface area contributed by atoms with Gasteiger partial charge in [0.25, 0.3) is 0 Å². The molecule has 3 heteroatoms. The molecule has 1 aromatic carbocycles. The van der Waals surface area contributed by atoms with Gasteiger partial charge in [-0.3, -0.25) is 0 Å². The average Bonchev–Trinajstić information content (AvgIpc) is 2.86. The first-order valence-corrected chi connectivity index (χ1v) is 7.30. The van der Waals surface area contributed by atoms with Crippen molar-refractivity contribution in [3.63, 3.8) is 0 Å². The molecule has 2 heterocycles. The van der Waals surface area contributed by atoms with E-state index in [4.69, 9.17) is 9.47 Å². The highest BCUT2D eigenvalue weighted by molar-refractivity contribution is 5.58. The van der Waals surface area contributed by atoms with Crippen molar-refractivity contribution in [1.82, 2.24) is 5.32 Å². The molecule has 104 valence electrons. The normalized spacial score (nSPS) is 26.5. The summed E-state index contributed by atoms with van der Waals surface area (Å²) in [6.45, 7) is 9.53. The third-order valence-corrected chi connectivity index (χ3v) is 4.02. The molecule has 0 fully saturated rings. The van der Waals surface area contributed by atoms with Crippen molar-refractivity contribution >= 4 is 0 Å². The second kappa shape index (κ2) is 4.41. The van der Waals surface area contributed by atoms with Crippen LogP contribution in [-0.4, -0.2) is 18.2 Å². The van der Waals surface area contributed by atoms with Crippen LogP contribution in [0.3, 0.4) is 0 Å². The molecule has 2 aliphatic rings. The molecule has 0 saturated heterocycles. The van der Waals surface area contributed by atoms with Crippen LogP contribution in [0.2, 0.25) is 0 Å². The van der Waals surface area contributed by atoms with Gasteiger partial charge in [-0.05, 0) is 26.8 Å². The molecular weight excluding hydrogens is 238 g/mol. The van der Waals surface area contributed by atoms with Gasteiger partial charge in [-0.15, -0.1) is 0 Å². The summed E-state index contributed by atoms with van der Waals surface area (Å²) in [5, 5.41) is 3.53. The number of likely N-dealkylation sites (N-methyl/N-ethyl adjacent to an activating group) is 1. The van der Waals surface area contributed by atoms with Gasteiger partial charge >= 0.3 is 0 Å². The summed E-state index contributed by atoms with van der Waals surface area (Å²) in [6.07, 6.45) is 2.18. The fourth-order valence-corrected chi connectivity index (χ4v) is 3.21. The number of rotatable bonds is 3. The number of ether oxygens (including phenoxy) is 2. The standard InChI is InChI=1S/C16H23NO2/c1-5-12-13(17-6-2)11-8-7-10-9-16(3,4)19-14(10)15(11)18-12/h7-8,12-13,17H,5-6,9H2,1-4H3. The molecule has 0 radical (unpaired) electrons. The Hall–Kier alpha value is -1.22. The summed E-state index contributed by atoms with van der Waals surface area (Å²) in [5.41, 5.74) is 2.42. The Labute approximate surface area is 115 Å². The minimum Gasteiger partial charge on any atom is -0.484 e. The largest absolute Gasteiger partial charge is 0.484 e. The summed E-state index contributed by atoms with van der Waals surface area (Å²) < 4.78 is 12.3. The zero-order chi connectivity index (χ0) is 13.6. The molecule has 1 aromatic rings. The molecular formula is C16H23NO2. The quantitative estimate of drug-likeness (QED) is 0.906. The molecule has 2 aliphatic heterocycles. The van der Waals surface area contributed by atoms with Crippen molar-refractivity contribution in [3.05, 3.63) is 23.3 Å². The molecule has 3 nitrogen and oxygen atoms in total. The zero-order valence-electron chi connectivity index (χ0n) is 12.2. The SMILES string of the molecule is CCNC1c2ccc3c(c2OC1CC)OC(C)(C)C3. The van der Waals surface area contributed by atoms with E-state index in [0.29, 0.717) is 6.04 Å². The van der Waals surface area contributed by atoms with E-state index in [1.165, 1.54) is 11.1 Å². The summed E-state index contributed by atoms with van der Waals surface area (Å²) in [7, 11) is 0. The van der Waals surface area contributed by atoms with Gasteiger partial charge in [0, 0.05) is 17.5 Å². The molecule has 0 aromatic heterocycles. The topological polar surface area (TPSA) is 30.5 Å². The lowest BCUT2D eigenvalue weighted by Gasteiger charge is -2.18. The second-order valence-electron chi connectivity index (χ2n) is 6.11. The van der Waals surface area contributed by atoms with Gasteiger partial charge in [-0.2, -0.15) is 0 Å². The fraction of sp³-hybridized carbons (Fsp3) is 0.625. The number of nitrogens with one attached hydrogen (secondary N) is 1. The predicted molar refractivity (Wildman–Crippen MR) is 76.0 cm³/mol. The number of hydrogen-bond donors (Lipinski definition) is 1. The van der Waals surface area contributed by atoms with E-state index in [0.717, 1.165) is 30.9 Å². The predicted octanol–water partition coefficient (Wildman–Crippen LogP) is 3.22. The molecule has 0 aliphatic carbocycles. The lowest BCUT2D eigenvalue weighted by Crippen LogP contribution is -2.30. The third-order valence-electron chi connectivity index (χ3n) is 4.02. The highest BCUT2D eigenvalue weighted by Gasteiger charge is 2.40. The Kier molecular flexibility index (Phi) is 2.97. The third kappa shape index (κ3) is 2.00.